The first-order valence-electron chi connectivity index (χ1n) is 6.10. The second kappa shape index (κ2) is 7.04. The van der Waals surface area contributed by atoms with Crippen molar-refractivity contribution in [1.29, 1.82) is 0 Å². The highest BCUT2D eigenvalue weighted by Crippen LogP contribution is 2.37. The summed E-state index contributed by atoms with van der Waals surface area (Å²) in [5, 5.41) is 0. The van der Waals surface area contributed by atoms with E-state index in [-0.39, 0.29) is 18.2 Å². The Balaban J connectivity index is 1.95. The van der Waals surface area contributed by atoms with Crippen LogP contribution >= 0.6 is 31.9 Å². The van der Waals surface area contributed by atoms with Crippen molar-refractivity contribution in [3.63, 3.8) is 0 Å². The molecule has 1 saturated carbocycles. The third-order valence-corrected chi connectivity index (χ3v) is 4.33. The van der Waals surface area contributed by atoms with Crippen LogP contribution in [0.25, 0.3) is 0 Å². The number of benzene rings is 1. The fourth-order valence-electron chi connectivity index (χ4n) is 1.98. The number of ether oxygens (including phenoxy) is 3. The van der Waals surface area contributed by atoms with Gasteiger partial charge < -0.3 is 19.9 Å². The number of para-hydroxylation sites is 1. The smallest absolute Gasteiger partial charge is 0.148 e. The molecule has 0 aromatic heterocycles. The summed E-state index contributed by atoms with van der Waals surface area (Å²) in [6, 6.07) is 5.86. The Morgan fingerprint density at radius 3 is 2.53 bits per heavy atom. The van der Waals surface area contributed by atoms with E-state index in [0.717, 1.165) is 21.1 Å². The fraction of sp³-hybridized carbons (Fsp3) is 0.538. The van der Waals surface area contributed by atoms with Crippen LogP contribution in [0.3, 0.4) is 0 Å². The molecule has 1 aliphatic rings. The summed E-state index contributed by atoms with van der Waals surface area (Å²) in [7, 11) is 1.65. The van der Waals surface area contributed by atoms with Gasteiger partial charge in [0.25, 0.3) is 0 Å². The van der Waals surface area contributed by atoms with Crippen molar-refractivity contribution in [2.45, 2.75) is 24.7 Å². The van der Waals surface area contributed by atoms with Gasteiger partial charge in [0, 0.05) is 19.6 Å². The van der Waals surface area contributed by atoms with Gasteiger partial charge in [-0.05, 0) is 44.0 Å². The predicted molar refractivity (Wildman–Crippen MR) is 80.5 cm³/mol. The summed E-state index contributed by atoms with van der Waals surface area (Å²) < 4.78 is 18.5. The van der Waals surface area contributed by atoms with Crippen LogP contribution in [-0.2, 0) is 9.47 Å². The average Bonchev–Trinajstić information content (AvgIpc) is 2.37. The molecule has 3 atom stereocenters. The molecule has 4 nitrogen and oxygen atoms in total. The molecule has 3 unspecified atom stereocenters. The first-order chi connectivity index (χ1) is 9.13. The van der Waals surface area contributed by atoms with Gasteiger partial charge in [0.2, 0.25) is 0 Å². The molecule has 2 N–H and O–H groups in total. The van der Waals surface area contributed by atoms with Crippen molar-refractivity contribution in [2.24, 2.45) is 5.73 Å². The predicted octanol–water partition coefficient (Wildman–Crippen LogP) is 2.72. The first kappa shape index (κ1) is 15.3. The molecular formula is C13H17Br2NO3. The minimum Gasteiger partial charge on any atom is -0.485 e. The zero-order chi connectivity index (χ0) is 13.8. The van der Waals surface area contributed by atoms with Crippen LogP contribution in [0.1, 0.15) is 6.42 Å². The summed E-state index contributed by atoms with van der Waals surface area (Å²) in [5.41, 5.74) is 5.96. The van der Waals surface area contributed by atoms with Crippen LogP contribution in [0, 0.1) is 0 Å². The molecule has 19 heavy (non-hydrogen) atoms. The highest BCUT2D eigenvalue weighted by atomic mass is 79.9. The Morgan fingerprint density at radius 2 is 1.95 bits per heavy atom. The lowest BCUT2D eigenvalue weighted by molar-refractivity contribution is -0.107. The van der Waals surface area contributed by atoms with Crippen LogP contribution in [0.15, 0.2) is 27.1 Å². The maximum Gasteiger partial charge on any atom is 0.148 e. The highest BCUT2D eigenvalue weighted by molar-refractivity contribution is 9.11. The molecule has 0 saturated heterocycles. The van der Waals surface area contributed by atoms with Gasteiger partial charge in [-0.2, -0.15) is 0 Å². The van der Waals surface area contributed by atoms with Crippen molar-refractivity contribution >= 4 is 31.9 Å². The molecule has 1 aliphatic carbocycles. The van der Waals surface area contributed by atoms with Crippen LogP contribution < -0.4 is 10.5 Å². The van der Waals surface area contributed by atoms with Crippen molar-refractivity contribution in [1.82, 2.24) is 0 Å². The van der Waals surface area contributed by atoms with Crippen LogP contribution in [0.4, 0.5) is 0 Å². The van der Waals surface area contributed by atoms with Gasteiger partial charge in [-0.15, -0.1) is 0 Å². The molecule has 0 amide bonds. The molecule has 6 heteroatoms. The third kappa shape index (κ3) is 3.70. The fourth-order valence-corrected chi connectivity index (χ4v) is 3.16. The van der Waals surface area contributed by atoms with Crippen LogP contribution in [0.5, 0.6) is 5.75 Å². The van der Waals surface area contributed by atoms with E-state index in [1.54, 1.807) is 7.11 Å². The number of halogens is 2. The van der Waals surface area contributed by atoms with Crippen molar-refractivity contribution in [3.05, 3.63) is 27.1 Å². The topological polar surface area (TPSA) is 53.7 Å². The van der Waals surface area contributed by atoms with E-state index >= 15 is 0 Å². The lowest BCUT2D eigenvalue weighted by atomic mass is 9.86. The Kier molecular flexibility index (Phi) is 5.65. The normalized spacial score (nSPS) is 26.0. The Labute approximate surface area is 129 Å². The molecule has 0 heterocycles. The summed E-state index contributed by atoms with van der Waals surface area (Å²) in [6.07, 6.45) is 0.710. The lowest BCUT2D eigenvalue weighted by Crippen LogP contribution is -2.59. The van der Waals surface area contributed by atoms with Crippen molar-refractivity contribution < 1.29 is 14.2 Å². The molecule has 1 aromatic carbocycles. The van der Waals surface area contributed by atoms with Gasteiger partial charge >= 0.3 is 0 Å². The van der Waals surface area contributed by atoms with E-state index < -0.39 is 0 Å². The van der Waals surface area contributed by atoms with E-state index in [9.17, 15) is 0 Å². The molecule has 2 rings (SSSR count). The minimum absolute atomic E-state index is 0.0122. The van der Waals surface area contributed by atoms with E-state index in [4.69, 9.17) is 19.9 Å². The summed E-state index contributed by atoms with van der Waals surface area (Å²) in [6.45, 7) is 1.10. The summed E-state index contributed by atoms with van der Waals surface area (Å²) in [5.74, 6) is 0.791. The van der Waals surface area contributed by atoms with E-state index in [0.29, 0.717) is 13.2 Å². The minimum atomic E-state index is -0.0749. The summed E-state index contributed by atoms with van der Waals surface area (Å²) >= 11 is 6.96. The molecule has 106 valence electrons. The van der Waals surface area contributed by atoms with Gasteiger partial charge in [0.05, 0.1) is 22.2 Å². The van der Waals surface area contributed by atoms with Crippen molar-refractivity contribution in [2.75, 3.05) is 20.3 Å². The third-order valence-electron chi connectivity index (χ3n) is 3.08. The van der Waals surface area contributed by atoms with Gasteiger partial charge in [-0.3, -0.25) is 0 Å². The number of nitrogens with two attached hydrogens (primary N) is 1. The second-order valence-electron chi connectivity index (χ2n) is 4.43. The standard InChI is InChI=1S/C13H17Br2NO3/c1-17-5-6-18-13-10(16)7-11(13)19-12-8(14)3-2-4-9(12)15/h2-4,10-11,13H,5-7,16H2,1H3. The molecule has 0 bridgehead atoms. The largest absolute Gasteiger partial charge is 0.485 e. The first-order valence-corrected chi connectivity index (χ1v) is 7.69. The zero-order valence-electron chi connectivity index (χ0n) is 10.6. The molecule has 0 aliphatic heterocycles. The van der Waals surface area contributed by atoms with Gasteiger partial charge in [0.1, 0.15) is 18.0 Å². The SMILES string of the molecule is COCCOC1C(N)CC1Oc1c(Br)cccc1Br. The number of methoxy groups -OCH3 is 1. The highest BCUT2D eigenvalue weighted by Gasteiger charge is 2.42. The molecule has 1 aromatic rings. The van der Waals surface area contributed by atoms with Gasteiger partial charge in [-0.25, -0.2) is 0 Å². The quantitative estimate of drug-likeness (QED) is 0.753. The molecule has 0 spiro atoms. The number of rotatable bonds is 6. The van der Waals surface area contributed by atoms with Crippen molar-refractivity contribution in [3.8, 4) is 5.75 Å². The van der Waals surface area contributed by atoms with Crippen LogP contribution in [-0.4, -0.2) is 38.6 Å². The Hall–Kier alpha value is -0.140. The second-order valence-corrected chi connectivity index (χ2v) is 6.14. The zero-order valence-corrected chi connectivity index (χ0v) is 13.8. The van der Waals surface area contributed by atoms with Gasteiger partial charge in [0.15, 0.2) is 0 Å². The molecule has 0 radical (unpaired) electrons. The van der Waals surface area contributed by atoms with Gasteiger partial charge in [-0.1, -0.05) is 6.07 Å². The maximum atomic E-state index is 5.99. The number of hydrogen-bond acceptors (Lipinski definition) is 4. The number of hydrogen-bond donors (Lipinski definition) is 1. The Morgan fingerprint density at radius 1 is 1.26 bits per heavy atom. The monoisotopic (exact) mass is 393 g/mol. The van der Waals surface area contributed by atoms with E-state index in [1.165, 1.54) is 0 Å². The lowest BCUT2D eigenvalue weighted by Gasteiger charge is -2.42. The van der Waals surface area contributed by atoms with E-state index in [1.807, 2.05) is 18.2 Å². The Bertz CT molecular complexity index is 410. The average molecular weight is 395 g/mol. The van der Waals surface area contributed by atoms with E-state index in [2.05, 4.69) is 31.9 Å². The molecule has 1 fully saturated rings. The molecular weight excluding hydrogens is 378 g/mol. The summed E-state index contributed by atoms with van der Waals surface area (Å²) in [4.78, 5) is 0. The van der Waals surface area contributed by atoms with Crippen LogP contribution in [0.2, 0.25) is 0 Å². The maximum absolute atomic E-state index is 5.99.